The Labute approximate surface area is 113 Å². The summed E-state index contributed by atoms with van der Waals surface area (Å²) in [6.07, 6.45) is 0. The molecule has 0 amide bonds. The van der Waals surface area contributed by atoms with Crippen molar-refractivity contribution in [1.29, 1.82) is 0 Å². The van der Waals surface area contributed by atoms with Crippen LogP contribution in [-0.2, 0) is 0 Å². The molecule has 0 aliphatic rings. The molecule has 96 valence electrons. The van der Waals surface area contributed by atoms with E-state index in [1.165, 1.54) is 16.0 Å². The minimum absolute atomic E-state index is 0.134. The zero-order chi connectivity index (χ0) is 13.6. The first-order valence-electron chi connectivity index (χ1n) is 5.73. The standard InChI is InChI=1S/C13H11N3O2S/c1-7-4-3-5-10-11(7)14-13(19-10)16-9(12(17)18)6-8(2)15-16/h3-6H,1-2H3,(H,17,18). The van der Waals surface area contributed by atoms with Crippen molar-refractivity contribution in [3.63, 3.8) is 0 Å². The molecule has 0 aliphatic carbocycles. The second-order valence-electron chi connectivity index (χ2n) is 4.31. The number of carbonyl (C=O) groups is 1. The summed E-state index contributed by atoms with van der Waals surface area (Å²) in [7, 11) is 0. The Morgan fingerprint density at radius 2 is 2.16 bits per heavy atom. The SMILES string of the molecule is Cc1cc(C(=O)O)n(-c2nc3c(C)cccc3s2)n1. The van der Waals surface area contributed by atoms with Crippen molar-refractivity contribution in [2.24, 2.45) is 0 Å². The molecule has 2 aromatic heterocycles. The van der Waals surface area contributed by atoms with Crippen LogP contribution in [0.25, 0.3) is 15.3 Å². The van der Waals surface area contributed by atoms with Crippen LogP contribution in [0.15, 0.2) is 24.3 Å². The summed E-state index contributed by atoms with van der Waals surface area (Å²) in [6.45, 7) is 3.75. The van der Waals surface area contributed by atoms with Gasteiger partial charge in [0.15, 0.2) is 5.69 Å². The number of benzene rings is 1. The first-order chi connectivity index (χ1) is 9.06. The third-order valence-electron chi connectivity index (χ3n) is 2.84. The molecule has 19 heavy (non-hydrogen) atoms. The van der Waals surface area contributed by atoms with Gasteiger partial charge in [-0.1, -0.05) is 23.5 Å². The smallest absolute Gasteiger partial charge is 0.354 e. The van der Waals surface area contributed by atoms with Crippen LogP contribution in [0.5, 0.6) is 0 Å². The van der Waals surface area contributed by atoms with Crippen LogP contribution in [0.3, 0.4) is 0 Å². The van der Waals surface area contributed by atoms with E-state index in [1.54, 1.807) is 13.0 Å². The molecule has 1 aromatic carbocycles. The average Bonchev–Trinajstić information content (AvgIpc) is 2.93. The van der Waals surface area contributed by atoms with Gasteiger partial charge < -0.3 is 5.11 Å². The van der Waals surface area contributed by atoms with E-state index < -0.39 is 5.97 Å². The van der Waals surface area contributed by atoms with Crippen LogP contribution in [0.2, 0.25) is 0 Å². The maximum absolute atomic E-state index is 11.2. The molecule has 0 unspecified atom stereocenters. The molecule has 0 saturated heterocycles. The Morgan fingerprint density at radius 3 is 2.84 bits per heavy atom. The molecule has 0 saturated carbocycles. The van der Waals surface area contributed by atoms with E-state index >= 15 is 0 Å². The van der Waals surface area contributed by atoms with Gasteiger partial charge >= 0.3 is 5.97 Å². The molecule has 1 N–H and O–H groups in total. The summed E-state index contributed by atoms with van der Waals surface area (Å²) >= 11 is 1.44. The highest BCUT2D eigenvalue weighted by Crippen LogP contribution is 2.27. The number of rotatable bonds is 2. The van der Waals surface area contributed by atoms with E-state index in [2.05, 4.69) is 10.1 Å². The highest BCUT2D eigenvalue weighted by Gasteiger charge is 2.17. The number of aromatic nitrogens is 3. The summed E-state index contributed by atoms with van der Waals surface area (Å²) in [5.74, 6) is -1.00. The molecule has 6 heteroatoms. The highest BCUT2D eigenvalue weighted by molar-refractivity contribution is 7.20. The number of para-hydroxylation sites is 1. The van der Waals surface area contributed by atoms with E-state index in [-0.39, 0.29) is 5.69 Å². The van der Waals surface area contributed by atoms with Crippen LogP contribution in [0, 0.1) is 13.8 Å². The number of thiazole rings is 1. The first kappa shape index (κ1) is 11.9. The summed E-state index contributed by atoms with van der Waals surface area (Å²) in [5.41, 5.74) is 2.76. The molecule has 0 aliphatic heterocycles. The molecule has 0 radical (unpaired) electrons. The molecule has 0 spiro atoms. The summed E-state index contributed by atoms with van der Waals surface area (Å²) in [5, 5.41) is 14.0. The lowest BCUT2D eigenvalue weighted by molar-refractivity contribution is 0.0687. The van der Waals surface area contributed by atoms with Crippen molar-refractivity contribution in [3.05, 3.63) is 41.2 Å². The largest absolute Gasteiger partial charge is 0.477 e. The van der Waals surface area contributed by atoms with Crippen LogP contribution in [0.1, 0.15) is 21.7 Å². The number of hydrogen-bond donors (Lipinski definition) is 1. The Morgan fingerprint density at radius 1 is 1.37 bits per heavy atom. The highest BCUT2D eigenvalue weighted by atomic mass is 32.1. The van der Waals surface area contributed by atoms with E-state index in [0.29, 0.717) is 10.8 Å². The number of fused-ring (bicyclic) bond motifs is 1. The summed E-state index contributed by atoms with van der Waals surface area (Å²) < 4.78 is 2.42. The van der Waals surface area contributed by atoms with Crippen molar-refractivity contribution >= 4 is 27.5 Å². The van der Waals surface area contributed by atoms with Gasteiger partial charge in [0.1, 0.15) is 0 Å². The zero-order valence-corrected chi connectivity index (χ0v) is 11.2. The van der Waals surface area contributed by atoms with Gasteiger partial charge in [-0.3, -0.25) is 0 Å². The summed E-state index contributed by atoms with van der Waals surface area (Å²) in [6, 6.07) is 7.46. The van der Waals surface area contributed by atoms with Gasteiger partial charge in [0.2, 0.25) is 5.13 Å². The van der Waals surface area contributed by atoms with Gasteiger partial charge in [-0.05, 0) is 31.5 Å². The zero-order valence-electron chi connectivity index (χ0n) is 10.4. The minimum atomic E-state index is -1.00. The number of carboxylic acid groups (broad SMARTS) is 1. The number of hydrogen-bond acceptors (Lipinski definition) is 4. The second-order valence-corrected chi connectivity index (χ2v) is 5.32. The molecule has 2 heterocycles. The van der Waals surface area contributed by atoms with Gasteiger partial charge in [0.05, 0.1) is 15.9 Å². The van der Waals surface area contributed by atoms with Gasteiger partial charge in [0, 0.05) is 0 Å². The molecule has 0 atom stereocenters. The topological polar surface area (TPSA) is 68.0 Å². The van der Waals surface area contributed by atoms with Crippen molar-refractivity contribution in [3.8, 4) is 5.13 Å². The first-order valence-corrected chi connectivity index (χ1v) is 6.54. The minimum Gasteiger partial charge on any atom is -0.477 e. The predicted molar refractivity (Wildman–Crippen MR) is 73.2 cm³/mol. The van der Waals surface area contributed by atoms with Gasteiger partial charge in [0.25, 0.3) is 0 Å². The maximum Gasteiger partial charge on any atom is 0.354 e. The second kappa shape index (κ2) is 4.17. The van der Waals surface area contributed by atoms with Crippen molar-refractivity contribution in [2.75, 3.05) is 0 Å². The Bertz CT molecular complexity index is 788. The van der Waals surface area contributed by atoms with E-state index in [9.17, 15) is 9.90 Å². The lowest BCUT2D eigenvalue weighted by Crippen LogP contribution is -2.07. The number of nitrogens with zero attached hydrogens (tertiary/aromatic N) is 3. The third-order valence-corrected chi connectivity index (χ3v) is 3.84. The quantitative estimate of drug-likeness (QED) is 0.779. The molecular formula is C13H11N3O2S. The van der Waals surface area contributed by atoms with Gasteiger partial charge in [-0.15, -0.1) is 0 Å². The maximum atomic E-state index is 11.2. The molecule has 0 fully saturated rings. The van der Waals surface area contributed by atoms with Crippen LogP contribution >= 0.6 is 11.3 Å². The van der Waals surface area contributed by atoms with Crippen LogP contribution < -0.4 is 0 Å². The number of aromatic carboxylic acids is 1. The number of aryl methyl sites for hydroxylation is 2. The molecule has 5 nitrogen and oxygen atoms in total. The molecule has 3 aromatic rings. The average molecular weight is 273 g/mol. The Hall–Kier alpha value is -2.21. The molecule has 0 bridgehead atoms. The van der Waals surface area contributed by atoms with Gasteiger partial charge in [-0.2, -0.15) is 9.78 Å². The normalized spacial score (nSPS) is 11.1. The van der Waals surface area contributed by atoms with E-state index in [1.807, 2.05) is 25.1 Å². The monoisotopic (exact) mass is 273 g/mol. The van der Waals surface area contributed by atoms with Crippen molar-refractivity contribution in [1.82, 2.24) is 14.8 Å². The van der Waals surface area contributed by atoms with Crippen LogP contribution in [-0.4, -0.2) is 25.8 Å². The molecular weight excluding hydrogens is 262 g/mol. The summed E-state index contributed by atoms with van der Waals surface area (Å²) in [4.78, 5) is 15.7. The van der Waals surface area contributed by atoms with Crippen molar-refractivity contribution < 1.29 is 9.90 Å². The Balaban J connectivity index is 2.25. The predicted octanol–water partition coefficient (Wildman–Crippen LogP) is 2.80. The molecule has 3 rings (SSSR count). The van der Waals surface area contributed by atoms with Crippen molar-refractivity contribution in [2.45, 2.75) is 13.8 Å². The fourth-order valence-electron chi connectivity index (χ4n) is 1.96. The van der Waals surface area contributed by atoms with E-state index in [0.717, 1.165) is 15.8 Å². The Kier molecular flexibility index (Phi) is 2.60. The van der Waals surface area contributed by atoms with E-state index in [4.69, 9.17) is 0 Å². The lowest BCUT2D eigenvalue weighted by Gasteiger charge is -1.97. The third kappa shape index (κ3) is 1.90. The fourth-order valence-corrected chi connectivity index (χ4v) is 2.97. The lowest BCUT2D eigenvalue weighted by atomic mass is 10.2. The number of carboxylic acids is 1. The van der Waals surface area contributed by atoms with Crippen LogP contribution in [0.4, 0.5) is 0 Å². The van der Waals surface area contributed by atoms with Gasteiger partial charge in [-0.25, -0.2) is 9.78 Å². The fraction of sp³-hybridized carbons (Fsp3) is 0.154.